The number of nitrogens with one attached hydrogen (secondary N) is 1. The summed E-state index contributed by atoms with van der Waals surface area (Å²) < 4.78 is 18.4. The van der Waals surface area contributed by atoms with Gasteiger partial charge in [0.2, 0.25) is 0 Å². The highest BCUT2D eigenvalue weighted by Gasteiger charge is 2.08. The Kier molecular flexibility index (Phi) is 4.30. The van der Waals surface area contributed by atoms with Crippen molar-refractivity contribution in [2.45, 2.75) is 18.7 Å². The van der Waals surface area contributed by atoms with E-state index in [9.17, 15) is 9.00 Å². The smallest absolute Gasteiger partial charge is 0.419 e. The largest absolute Gasteiger partial charge is 0.449 e. The number of rotatable bonds is 3. The average Bonchev–Trinajstić information content (AvgIpc) is 2.18. The summed E-state index contributed by atoms with van der Waals surface area (Å²) in [4.78, 5) is 11.5. The predicted octanol–water partition coefficient (Wildman–Crippen LogP) is 1.76. The summed E-state index contributed by atoms with van der Waals surface area (Å²) in [5.41, 5.74) is 1.08. The van der Waals surface area contributed by atoms with Crippen molar-refractivity contribution in [3.63, 3.8) is 0 Å². The van der Waals surface area contributed by atoms with Gasteiger partial charge in [0.25, 0.3) is 0 Å². The van der Waals surface area contributed by atoms with Gasteiger partial charge in [0.05, 0.1) is 11.5 Å². The van der Waals surface area contributed by atoms with Gasteiger partial charge in [0.1, 0.15) is 0 Å². The first-order valence-electron chi connectivity index (χ1n) is 4.55. The molecule has 1 amide bonds. The summed E-state index contributed by atoms with van der Waals surface area (Å²) in [6.07, 6.45) is -0.670. The molecule has 4 nitrogen and oxygen atoms in total. The molecule has 0 radical (unpaired) electrons. The van der Waals surface area contributed by atoms with E-state index < -0.39 is 17.1 Å². The first-order valence-corrected chi connectivity index (χ1v) is 5.70. The van der Waals surface area contributed by atoms with Crippen molar-refractivity contribution in [2.24, 2.45) is 0 Å². The van der Waals surface area contributed by atoms with Gasteiger partial charge in [-0.2, -0.15) is 0 Å². The molecule has 0 heterocycles. The Balaban J connectivity index is 2.61. The molecule has 0 saturated heterocycles. The Morgan fingerprint density at radius 3 is 2.53 bits per heavy atom. The van der Waals surface area contributed by atoms with Gasteiger partial charge in [-0.3, -0.25) is 0 Å². The van der Waals surface area contributed by atoms with Gasteiger partial charge >= 0.3 is 6.09 Å². The number of hydrogen-bond acceptors (Lipinski definition) is 3. The lowest BCUT2D eigenvalue weighted by atomic mass is 10.2. The Morgan fingerprint density at radius 1 is 1.40 bits per heavy atom. The van der Waals surface area contributed by atoms with E-state index in [1.807, 2.05) is 19.1 Å². The maximum Gasteiger partial charge on any atom is 0.419 e. The lowest BCUT2D eigenvalue weighted by Crippen LogP contribution is -2.26. The molecule has 0 saturated carbocycles. The Hall–Kier alpha value is -1.36. The minimum Gasteiger partial charge on any atom is -0.449 e. The second-order valence-corrected chi connectivity index (χ2v) is 4.12. The predicted molar refractivity (Wildman–Crippen MR) is 57.7 cm³/mol. The van der Waals surface area contributed by atoms with Crippen molar-refractivity contribution < 1.29 is 13.7 Å². The van der Waals surface area contributed by atoms with Crippen LogP contribution in [0.5, 0.6) is 0 Å². The molecule has 82 valence electrons. The first-order chi connectivity index (χ1) is 7.13. The summed E-state index contributed by atoms with van der Waals surface area (Å²) in [5.74, 6) is 0. The van der Waals surface area contributed by atoms with E-state index in [-0.39, 0.29) is 6.61 Å². The molecule has 5 heteroatoms. The molecule has 0 aromatic heterocycles. The maximum atomic E-state index is 11.5. The monoisotopic (exact) mass is 227 g/mol. The fourth-order valence-electron chi connectivity index (χ4n) is 0.957. The van der Waals surface area contributed by atoms with E-state index >= 15 is 0 Å². The van der Waals surface area contributed by atoms with E-state index in [1.165, 1.54) is 0 Å². The molecular formula is C10H13NO3S. The number of ether oxygens (including phenoxy) is 1. The fourth-order valence-corrected chi connectivity index (χ4v) is 1.67. The van der Waals surface area contributed by atoms with Crippen LogP contribution in [0, 0.1) is 6.92 Å². The van der Waals surface area contributed by atoms with Gasteiger partial charge in [-0.05, 0) is 26.0 Å². The van der Waals surface area contributed by atoms with Crippen LogP contribution in [0.2, 0.25) is 0 Å². The quantitative estimate of drug-likeness (QED) is 0.856. The fraction of sp³-hybridized carbons (Fsp3) is 0.300. The third-order valence-corrected chi connectivity index (χ3v) is 2.74. The highest BCUT2D eigenvalue weighted by molar-refractivity contribution is 7.83. The van der Waals surface area contributed by atoms with Gasteiger partial charge in [-0.25, -0.2) is 13.7 Å². The second-order valence-electron chi connectivity index (χ2n) is 2.90. The minimum atomic E-state index is -1.55. The summed E-state index contributed by atoms with van der Waals surface area (Å²) in [6.45, 7) is 3.89. The lowest BCUT2D eigenvalue weighted by molar-refractivity contribution is 0.159. The molecule has 0 unspecified atom stereocenters. The van der Waals surface area contributed by atoms with Crippen molar-refractivity contribution in [1.29, 1.82) is 0 Å². The molecule has 1 aromatic rings. The van der Waals surface area contributed by atoms with Crippen molar-refractivity contribution in [3.8, 4) is 0 Å². The van der Waals surface area contributed by atoms with E-state index in [0.29, 0.717) is 4.90 Å². The summed E-state index contributed by atoms with van der Waals surface area (Å²) in [6, 6.07) is 7.08. The maximum absolute atomic E-state index is 11.5. The van der Waals surface area contributed by atoms with E-state index in [4.69, 9.17) is 0 Å². The van der Waals surface area contributed by atoms with Gasteiger partial charge < -0.3 is 4.74 Å². The summed E-state index contributed by atoms with van der Waals surface area (Å²) in [7, 11) is -1.55. The molecule has 0 aliphatic rings. The number of carbonyl (C=O) groups excluding carboxylic acids is 1. The third-order valence-electron chi connectivity index (χ3n) is 1.69. The van der Waals surface area contributed by atoms with Crippen LogP contribution < -0.4 is 4.72 Å². The Morgan fingerprint density at radius 2 is 2.00 bits per heavy atom. The molecule has 1 rings (SSSR count). The minimum absolute atomic E-state index is 0.261. The number of amides is 1. The molecule has 1 N–H and O–H groups in total. The van der Waals surface area contributed by atoms with Crippen molar-refractivity contribution >= 4 is 17.1 Å². The molecule has 0 spiro atoms. The Labute approximate surface area is 91.2 Å². The van der Waals surface area contributed by atoms with Crippen LogP contribution in [-0.2, 0) is 15.7 Å². The molecule has 0 fully saturated rings. The van der Waals surface area contributed by atoms with Gasteiger partial charge in [-0.1, -0.05) is 17.7 Å². The van der Waals surface area contributed by atoms with E-state index in [1.54, 1.807) is 19.1 Å². The highest BCUT2D eigenvalue weighted by atomic mass is 32.2. The molecule has 1 aromatic carbocycles. The normalized spacial score (nSPS) is 11.9. The SMILES string of the molecule is CCOC(=O)N[S@@](=O)c1ccc(C)cc1. The molecule has 0 bridgehead atoms. The van der Waals surface area contributed by atoms with Crippen LogP contribution in [0.1, 0.15) is 12.5 Å². The van der Waals surface area contributed by atoms with Gasteiger partial charge in [0, 0.05) is 0 Å². The average molecular weight is 227 g/mol. The zero-order chi connectivity index (χ0) is 11.3. The van der Waals surface area contributed by atoms with Crippen LogP contribution >= 0.6 is 0 Å². The van der Waals surface area contributed by atoms with Crippen molar-refractivity contribution in [3.05, 3.63) is 29.8 Å². The van der Waals surface area contributed by atoms with Gasteiger partial charge in [-0.15, -0.1) is 0 Å². The first kappa shape index (κ1) is 11.7. The summed E-state index contributed by atoms with van der Waals surface area (Å²) >= 11 is 0. The number of benzene rings is 1. The number of aryl methyl sites for hydroxylation is 1. The van der Waals surface area contributed by atoms with E-state index in [2.05, 4.69) is 9.46 Å². The topological polar surface area (TPSA) is 55.4 Å². The third kappa shape index (κ3) is 3.71. The second kappa shape index (κ2) is 5.50. The van der Waals surface area contributed by atoms with Crippen LogP contribution in [0.4, 0.5) is 4.79 Å². The standard InChI is InChI=1S/C10H13NO3S/c1-3-14-10(12)11-15(13)9-6-4-8(2)5-7-9/h4-7H,3H2,1-2H3,(H,11,12)/t15-/m0/s1. The van der Waals surface area contributed by atoms with Crippen molar-refractivity contribution in [2.75, 3.05) is 6.61 Å². The van der Waals surface area contributed by atoms with Crippen molar-refractivity contribution in [1.82, 2.24) is 4.72 Å². The molecular weight excluding hydrogens is 214 g/mol. The van der Waals surface area contributed by atoms with E-state index in [0.717, 1.165) is 5.56 Å². The van der Waals surface area contributed by atoms with Crippen LogP contribution in [0.25, 0.3) is 0 Å². The van der Waals surface area contributed by atoms with Crippen LogP contribution in [0.3, 0.4) is 0 Å². The molecule has 0 aliphatic heterocycles. The highest BCUT2D eigenvalue weighted by Crippen LogP contribution is 2.06. The number of hydrogen-bond donors (Lipinski definition) is 1. The molecule has 15 heavy (non-hydrogen) atoms. The molecule has 1 atom stereocenters. The van der Waals surface area contributed by atoms with Crippen LogP contribution in [0.15, 0.2) is 29.2 Å². The molecule has 0 aliphatic carbocycles. The Bertz CT molecular complexity index is 361. The zero-order valence-corrected chi connectivity index (χ0v) is 9.47. The number of carbonyl (C=O) groups is 1. The lowest BCUT2D eigenvalue weighted by Gasteiger charge is -2.04. The van der Waals surface area contributed by atoms with Crippen LogP contribution in [-0.4, -0.2) is 16.9 Å². The van der Waals surface area contributed by atoms with Gasteiger partial charge in [0.15, 0.2) is 11.0 Å². The zero-order valence-electron chi connectivity index (χ0n) is 8.65. The summed E-state index contributed by atoms with van der Waals surface area (Å²) in [5, 5.41) is 0.